The van der Waals surface area contributed by atoms with Crippen LogP contribution in [0.2, 0.25) is 0 Å². The highest BCUT2D eigenvalue weighted by Gasteiger charge is 2.42. The molecule has 9 aromatic rings. The van der Waals surface area contributed by atoms with Crippen LogP contribution in [0, 0.1) is 20.8 Å². The molecule has 56 heavy (non-hydrogen) atoms. The summed E-state index contributed by atoms with van der Waals surface area (Å²) in [7, 11) is 0. The molecule has 0 fully saturated rings. The van der Waals surface area contributed by atoms with Gasteiger partial charge in [-0.1, -0.05) is 114 Å². The maximum atomic E-state index is 7.02. The molecule has 0 atom stereocenters. The van der Waals surface area contributed by atoms with Crippen molar-refractivity contribution in [2.24, 2.45) is 0 Å². The number of fused-ring (bicyclic) bond motifs is 7. The number of ether oxygens (including phenoxy) is 1. The highest BCUT2D eigenvalue weighted by molar-refractivity contribution is 6.99. The molecule has 4 nitrogen and oxygen atoms in total. The maximum absolute atomic E-state index is 7.02. The highest BCUT2D eigenvalue weighted by atomic mass is 16.5. The van der Waals surface area contributed by atoms with Gasteiger partial charge in [0.2, 0.25) is 0 Å². The van der Waals surface area contributed by atoms with Gasteiger partial charge in [-0.2, -0.15) is 0 Å². The van der Waals surface area contributed by atoms with Crippen LogP contribution in [0.25, 0.3) is 27.5 Å². The van der Waals surface area contributed by atoms with E-state index in [1.165, 1.54) is 55.1 Å². The van der Waals surface area contributed by atoms with Crippen molar-refractivity contribution in [1.82, 2.24) is 4.57 Å². The van der Waals surface area contributed by atoms with Crippen LogP contribution in [0.4, 0.5) is 34.1 Å². The van der Waals surface area contributed by atoms with Crippen molar-refractivity contribution < 1.29 is 4.74 Å². The molecule has 0 spiro atoms. The zero-order valence-corrected chi connectivity index (χ0v) is 31.6. The lowest BCUT2D eigenvalue weighted by atomic mass is 9.34. The molecule has 0 N–H and O–H groups in total. The summed E-state index contributed by atoms with van der Waals surface area (Å²) in [5.74, 6) is 1.77. The third kappa shape index (κ3) is 4.94. The first-order chi connectivity index (χ1) is 27.5. The number of hydrogen-bond donors (Lipinski definition) is 0. The van der Waals surface area contributed by atoms with Crippen molar-refractivity contribution in [3.63, 3.8) is 0 Å². The lowest BCUT2D eigenvalue weighted by molar-refractivity contribution is 0.487. The molecule has 0 aliphatic carbocycles. The molecule has 0 saturated carbocycles. The van der Waals surface area contributed by atoms with Gasteiger partial charge >= 0.3 is 0 Å². The first-order valence-electron chi connectivity index (χ1n) is 19.4. The Balaban J connectivity index is 1.13. The zero-order chi connectivity index (χ0) is 37.5. The van der Waals surface area contributed by atoms with E-state index >= 15 is 0 Å². The predicted octanol–water partition coefficient (Wildman–Crippen LogP) is 11.6. The van der Waals surface area contributed by atoms with Crippen LogP contribution in [0.5, 0.6) is 11.5 Å². The Bertz CT molecular complexity index is 2990. The van der Waals surface area contributed by atoms with Crippen LogP contribution in [0.3, 0.4) is 0 Å². The SMILES string of the molecule is Cc1ccc(N2c3ccc(C)cc3B3c4ccc(N(c5ccc(C)cc5)c5cccc6c7ccccc7n(-c7ccccc7)c56)cc4Oc4cccc2c43)cc1. The van der Waals surface area contributed by atoms with E-state index in [4.69, 9.17) is 4.74 Å². The molecule has 11 rings (SSSR count). The number of nitrogens with zero attached hydrogens (tertiary/aromatic N) is 3. The zero-order valence-electron chi connectivity index (χ0n) is 31.6. The van der Waals surface area contributed by atoms with Gasteiger partial charge in [0.05, 0.1) is 16.7 Å². The van der Waals surface area contributed by atoms with Crippen LogP contribution < -0.4 is 30.9 Å². The fraction of sp³-hybridized carbons (Fsp3) is 0.0588. The molecule has 2 aliphatic heterocycles. The average molecular weight is 720 g/mol. The monoisotopic (exact) mass is 719 g/mol. The molecule has 0 amide bonds. The topological polar surface area (TPSA) is 20.6 Å². The molecule has 1 aromatic heterocycles. The van der Waals surface area contributed by atoms with E-state index < -0.39 is 0 Å². The maximum Gasteiger partial charge on any atom is 0.256 e. The van der Waals surface area contributed by atoms with Gasteiger partial charge in [-0.25, -0.2) is 0 Å². The summed E-state index contributed by atoms with van der Waals surface area (Å²) >= 11 is 0. The van der Waals surface area contributed by atoms with Crippen LogP contribution in [-0.4, -0.2) is 11.3 Å². The minimum absolute atomic E-state index is 0.0208. The normalized spacial score (nSPS) is 12.6. The van der Waals surface area contributed by atoms with Crippen LogP contribution in [-0.2, 0) is 0 Å². The number of benzene rings is 8. The first-order valence-corrected chi connectivity index (χ1v) is 19.4. The summed E-state index contributed by atoms with van der Waals surface area (Å²) in [6.07, 6.45) is 0. The molecule has 8 aromatic carbocycles. The summed E-state index contributed by atoms with van der Waals surface area (Å²) in [5.41, 5.74) is 17.5. The predicted molar refractivity (Wildman–Crippen MR) is 236 cm³/mol. The van der Waals surface area contributed by atoms with Crippen molar-refractivity contribution in [2.75, 3.05) is 9.80 Å². The summed E-state index contributed by atoms with van der Waals surface area (Å²) in [6, 6.07) is 64.0. The van der Waals surface area contributed by atoms with Crippen molar-refractivity contribution >= 4 is 79.0 Å². The number of hydrogen-bond acceptors (Lipinski definition) is 3. The second-order valence-electron chi connectivity index (χ2n) is 15.2. The number of rotatable bonds is 5. The van der Waals surface area contributed by atoms with E-state index in [9.17, 15) is 0 Å². The average Bonchev–Trinajstić information content (AvgIpc) is 3.57. The van der Waals surface area contributed by atoms with Gasteiger partial charge in [0.1, 0.15) is 11.5 Å². The Morgan fingerprint density at radius 1 is 0.482 bits per heavy atom. The molecular weight excluding hydrogens is 681 g/mol. The Labute approximate surface area is 327 Å². The summed E-state index contributed by atoms with van der Waals surface area (Å²) in [6.45, 7) is 6.49. The van der Waals surface area contributed by atoms with E-state index in [0.717, 1.165) is 51.1 Å². The van der Waals surface area contributed by atoms with E-state index in [1.54, 1.807) is 0 Å². The van der Waals surface area contributed by atoms with E-state index in [2.05, 4.69) is 211 Å². The van der Waals surface area contributed by atoms with E-state index in [0.29, 0.717) is 0 Å². The largest absolute Gasteiger partial charge is 0.458 e. The van der Waals surface area contributed by atoms with Gasteiger partial charge in [-0.05, 0) is 110 Å². The molecule has 0 radical (unpaired) electrons. The third-order valence-electron chi connectivity index (χ3n) is 11.6. The van der Waals surface area contributed by atoms with Gasteiger partial charge in [0, 0.05) is 51.0 Å². The number of para-hydroxylation sites is 3. The molecule has 5 heteroatoms. The van der Waals surface area contributed by atoms with Gasteiger partial charge < -0.3 is 19.1 Å². The second-order valence-corrected chi connectivity index (χ2v) is 15.2. The standard InChI is InChI=1S/C51H38BN3O/c1-33-19-24-37(25-20-33)53(47-17-9-14-41-40-13-7-8-15-44(40)55(51(41)47)36-11-5-4-6-12-36)39-28-29-42-49(32-39)56-48-18-10-16-46-50(48)52(42)43-31-35(3)23-30-45(43)54(46)38-26-21-34(2)22-27-38/h4-32H,1-3H3. The van der Waals surface area contributed by atoms with Crippen molar-refractivity contribution in [1.29, 1.82) is 0 Å². The summed E-state index contributed by atoms with van der Waals surface area (Å²) in [5, 5.41) is 2.44. The molecule has 0 bridgehead atoms. The minimum Gasteiger partial charge on any atom is -0.458 e. The van der Waals surface area contributed by atoms with Crippen molar-refractivity contribution in [3.8, 4) is 17.2 Å². The lowest BCUT2D eigenvalue weighted by Crippen LogP contribution is -2.59. The van der Waals surface area contributed by atoms with Gasteiger partial charge in [-0.3, -0.25) is 0 Å². The third-order valence-corrected chi connectivity index (χ3v) is 11.6. The Morgan fingerprint density at radius 3 is 2.00 bits per heavy atom. The second kappa shape index (κ2) is 12.5. The van der Waals surface area contributed by atoms with Gasteiger partial charge in [-0.15, -0.1) is 0 Å². The fourth-order valence-electron chi connectivity index (χ4n) is 9.05. The Kier molecular flexibility index (Phi) is 7.27. The summed E-state index contributed by atoms with van der Waals surface area (Å²) in [4.78, 5) is 4.80. The smallest absolute Gasteiger partial charge is 0.256 e. The highest BCUT2D eigenvalue weighted by Crippen LogP contribution is 2.46. The molecule has 0 saturated heterocycles. The first kappa shape index (κ1) is 32.5. The van der Waals surface area contributed by atoms with Gasteiger partial charge in [0.25, 0.3) is 6.71 Å². The minimum atomic E-state index is 0.0208. The molecule has 266 valence electrons. The van der Waals surface area contributed by atoms with Crippen LogP contribution in [0.15, 0.2) is 176 Å². The number of anilines is 6. The molecule has 3 heterocycles. The Hall–Kier alpha value is -6.98. The molecule has 2 aliphatic rings. The fourth-order valence-corrected chi connectivity index (χ4v) is 9.05. The quantitative estimate of drug-likeness (QED) is 0.165. The number of aryl methyl sites for hydroxylation is 3. The van der Waals surface area contributed by atoms with E-state index in [-0.39, 0.29) is 6.71 Å². The van der Waals surface area contributed by atoms with Gasteiger partial charge in [0.15, 0.2) is 0 Å². The van der Waals surface area contributed by atoms with Crippen molar-refractivity contribution in [2.45, 2.75) is 20.8 Å². The molecular formula is C51H38BN3O. The van der Waals surface area contributed by atoms with Crippen molar-refractivity contribution in [3.05, 3.63) is 193 Å². The number of aromatic nitrogens is 1. The van der Waals surface area contributed by atoms with E-state index in [1.807, 2.05) is 0 Å². The van der Waals surface area contributed by atoms with Crippen LogP contribution >= 0.6 is 0 Å². The summed E-state index contributed by atoms with van der Waals surface area (Å²) < 4.78 is 9.44. The lowest BCUT2D eigenvalue weighted by Gasteiger charge is -2.40. The molecule has 0 unspecified atom stereocenters. The van der Waals surface area contributed by atoms with Crippen LogP contribution in [0.1, 0.15) is 16.7 Å². The Morgan fingerprint density at radius 2 is 1.18 bits per heavy atom.